The Morgan fingerprint density at radius 1 is 0.915 bits per heavy atom. The Kier molecular flexibility index (Phi) is 7.48. The lowest BCUT2D eigenvalue weighted by atomic mass is 9.51. The molecule has 0 radical (unpaired) electrons. The standard InChI is InChI=1S/C35H29BrClFN2O7/c1-35-23(32(43)40(34(35)45)18-8-11-25(38)24(37)12-18)15-22-20(30(35)29-26(41)13-19(46-2)14-27(29)47-3)9-10-21-28(22)33(44)39(31(21)42)17-6-4-16(36)5-7-17/h4-9,11-14,21-23,28,30,41H,10,15H2,1-3H3/t21-,22+,23-,28-,30+,35+/m0/s1. The summed E-state index contributed by atoms with van der Waals surface area (Å²) < 4.78 is 26.0. The van der Waals surface area contributed by atoms with Crippen LogP contribution in [0.4, 0.5) is 15.8 Å². The van der Waals surface area contributed by atoms with Crippen molar-refractivity contribution in [3.63, 3.8) is 0 Å². The first-order chi connectivity index (χ1) is 22.4. The van der Waals surface area contributed by atoms with Crippen LogP contribution < -0.4 is 19.3 Å². The number of rotatable bonds is 5. The van der Waals surface area contributed by atoms with Gasteiger partial charge < -0.3 is 14.6 Å². The first kappa shape index (κ1) is 31.4. The summed E-state index contributed by atoms with van der Waals surface area (Å²) in [4.78, 5) is 59.3. The van der Waals surface area contributed by atoms with Gasteiger partial charge in [-0.25, -0.2) is 9.29 Å². The quantitative estimate of drug-likeness (QED) is 0.240. The summed E-state index contributed by atoms with van der Waals surface area (Å²) in [7, 11) is 2.86. The van der Waals surface area contributed by atoms with E-state index in [1.807, 2.05) is 6.08 Å². The highest BCUT2D eigenvalue weighted by molar-refractivity contribution is 9.10. The molecule has 0 bridgehead atoms. The highest BCUT2D eigenvalue weighted by Gasteiger charge is 2.68. The molecule has 12 heteroatoms. The highest BCUT2D eigenvalue weighted by Crippen LogP contribution is 2.65. The van der Waals surface area contributed by atoms with Gasteiger partial charge >= 0.3 is 0 Å². The number of anilines is 2. The molecular weight excluding hydrogens is 695 g/mol. The second-order valence-electron chi connectivity index (χ2n) is 12.5. The van der Waals surface area contributed by atoms with Crippen molar-refractivity contribution in [1.29, 1.82) is 0 Å². The van der Waals surface area contributed by atoms with E-state index in [0.29, 0.717) is 17.0 Å². The molecule has 2 saturated heterocycles. The van der Waals surface area contributed by atoms with Crippen molar-refractivity contribution in [3.8, 4) is 17.2 Å². The maximum absolute atomic E-state index is 14.6. The number of imide groups is 2. The van der Waals surface area contributed by atoms with Crippen LogP contribution in [0.15, 0.2) is 70.7 Å². The van der Waals surface area contributed by atoms with Crippen LogP contribution in [0.1, 0.15) is 31.2 Å². The van der Waals surface area contributed by atoms with Gasteiger partial charge in [0.05, 0.1) is 53.8 Å². The number of benzene rings is 3. The number of phenolic OH excluding ortho intramolecular Hbond substituents is 1. The predicted octanol–water partition coefficient (Wildman–Crippen LogP) is 6.40. The number of aromatic hydroxyl groups is 1. The van der Waals surface area contributed by atoms with E-state index in [-0.39, 0.29) is 52.4 Å². The summed E-state index contributed by atoms with van der Waals surface area (Å²) in [5, 5.41) is 11.3. The fraction of sp³-hybridized carbons (Fsp3) is 0.314. The van der Waals surface area contributed by atoms with Crippen molar-refractivity contribution in [2.45, 2.75) is 25.7 Å². The Morgan fingerprint density at radius 3 is 2.28 bits per heavy atom. The summed E-state index contributed by atoms with van der Waals surface area (Å²) in [6, 6.07) is 13.5. The van der Waals surface area contributed by atoms with Gasteiger partial charge in [-0.15, -0.1) is 0 Å². The third-order valence-electron chi connectivity index (χ3n) is 10.4. The van der Waals surface area contributed by atoms with Crippen molar-refractivity contribution in [2.75, 3.05) is 24.0 Å². The Labute approximate surface area is 283 Å². The number of carbonyl (C=O) groups excluding carboxylic acids is 4. The molecule has 0 aromatic heterocycles. The molecule has 2 aliphatic carbocycles. The van der Waals surface area contributed by atoms with Crippen LogP contribution in [0.5, 0.6) is 17.2 Å². The molecule has 3 fully saturated rings. The van der Waals surface area contributed by atoms with Crippen LogP contribution in [0.2, 0.25) is 5.02 Å². The van der Waals surface area contributed by atoms with E-state index in [9.17, 15) is 28.7 Å². The normalized spacial score (nSPS) is 28.2. The average Bonchev–Trinajstić information content (AvgIpc) is 3.42. The number of ether oxygens (including phenoxy) is 2. The number of fused-ring (bicyclic) bond motifs is 4. The van der Waals surface area contributed by atoms with E-state index in [0.717, 1.165) is 15.4 Å². The SMILES string of the molecule is COc1cc(O)c([C@H]2C3=CC[C@@H]4C(=O)N(c5ccc(Br)cc5)C(=O)[C@@H]4[C@@H]3C[C@H]3C(=O)N(c4ccc(F)c(Cl)c4)C(=O)[C@@]23C)c(OC)c1. The number of allylic oxidation sites excluding steroid dienone is 2. The molecule has 2 aliphatic heterocycles. The third-order valence-corrected chi connectivity index (χ3v) is 11.2. The molecule has 4 aliphatic rings. The van der Waals surface area contributed by atoms with E-state index >= 15 is 0 Å². The molecule has 3 aromatic rings. The van der Waals surface area contributed by atoms with Crippen LogP contribution in [0, 0.1) is 34.9 Å². The molecule has 0 unspecified atom stereocenters. The zero-order valence-corrected chi connectivity index (χ0v) is 27.8. The molecule has 47 heavy (non-hydrogen) atoms. The number of hydrogen-bond donors (Lipinski definition) is 1. The van der Waals surface area contributed by atoms with Gasteiger partial charge in [0.1, 0.15) is 23.1 Å². The molecular formula is C35H29BrClFN2O7. The number of carbonyl (C=O) groups is 4. The molecule has 6 atom stereocenters. The van der Waals surface area contributed by atoms with E-state index in [2.05, 4.69) is 15.9 Å². The fourth-order valence-corrected chi connectivity index (χ4v) is 8.64. The second kappa shape index (κ2) is 11.2. The Hall–Kier alpha value is -4.22. The first-order valence-electron chi connectivity index (χ1n) is 15.0. The second-order valence-corrected chi connectivity index (χ2v) is 13.8. The van der Waals surface area contributed by atoms with Crippen molar-refractivity contribution in [1.82, 2.24) is 0 Å². The van der Waals surface area contributed by atoms with E-state index in [1.165, 1.54) is 37.3 Å². The van der Waals surface area contributed by atoms with E-state index in [1.54, 1.807) is 37.3 Å². The molecule has 9 nitrogen and oxygen atoms in total. The molecule has 4 amide bonds. The Balaban J connectivity index is 1.41. The van der Waals surface area contributed by atoms with Gasteiger partial charge in [0.2, 0.25) is 23.6 Å². The number of nitrogens with zero attached hydrogens (tertiary/aromatic N) is 2. The van der Waals surface area contributed by atoms with Crippen LogP contribution in [-0.2, 0) is 19.2 Å². The van der Waals surface area contributed by atoms with Crippen molar-refractivity contribution in [3.05, 3.63) is 87.1 Å². The van der Waals surface area contributed by atoms with E-state index < -0.39 is 52.6 Å². The number of methoxy groups -OCH3 is 2. The Bertz CT molecular complexity index is 1920. The van der Waals surface area contributed by atoms with Gasteiger partial charge in [-0.2, -0.15) is 0 Å². The third kappa shape index (κ3) is 4.46. The molecule has 1 saturated carbocycles. The summed E-state index contributed by atoms with van der Waals surface area (Å²) in [6.45, 7) is 1.68. The number of halogens is 3. The summed E-state index contributed by atoms with van der Waals surface area (Å²) in [5.41, 5.74) is 0.00992. The molecule has 3 aromatic carbocycles. The lowest BCUT2D eigenvalue weighted by Gasteiger charge is -2.49. The maximum Gasteiger partial charge on any atom is 0.241 e. The summed E-state index contributed by atoms with van der Waals surface area (Å²) >= 11 is 9.47. The van der Waals surface area contributed by atoms with Crippen LogP contribution >= 0.6 is 27.5 Å². The lowest BCUT2D eigenvalue weighted by molar-refractivity contribution is -0.131. The maximum atomic E-state index is 14.6. The molecule has 2 heterocycles. The topological polar surface area (TPSA) is 113 Å². The van der Waals surface area contributed by atoms with Crippen LogP contribution in [0.3, 0.4) is 0 Å². The number of amides is 4. The number of phenols is 1. The van der Waals surface area contributed by atoms with Crippen molar-refractivity contribution < 1.29 is 38.1 Å². The molecule has 1 N–H and O–H groups in total. The van der Waals surface area contributed by atoms with Gasteiger partial charge in [-0.3, -0.25) is 24.1 Å². The van der Waals surface area contributed by atoms with Gasteiger partial charge in [0.15, 0.2) is 0 Å². The monoisotopic (exact) mass is 722 g/mol. The number of hydrogen-bond acceptors (Lipinski definition) is 7. The average molecular weight is 724 g/mol. The van der Waals surface area contributed by atoms with Gasteiger partial charge in [-0.05, 0) is 68.1 Å². The zero-order chi connectivity index (χ0) is 33.5. The van der Waals surface area contributed by atoms with Crippen LogP contribution in [0.25, 0.3) is 0 Å². The molecule has 0 spiro atoms. The minimum absolute atomic E-state index is 0.0996. The zero-order valence-electron chi connectivity index (χ0n) is 25.5. The minimum Gasteiger partial charge on any atom is -0.507 e. The fourth-order valence-electron chi connectivity index (χ4n) is 8.20. The smallest absolute Gasteiger partial charge is 0.241 e. The van der Waals surface area contributed by atoms with Gasteiger partial charge in [0, 0.05) is 28.1 Å². The summed E-state index contributed by atoms with van der Waals surface area (Å²) in [6.07, 6.45) is 2.21. The lowest BCUT2D eigenvalue weighted by Crippen LogP contribution is -2.49. The molecule has 242 valence electrons. The molecule has 7 rings (SSSR count). The van der Waals surface area contributed by atoms with Crippen LogP contribution in [-0.4, -0.2) is 43.0 Å². The highest BCUT2D eigenvalue weighted by atomic mass is 79.9. The first-order valence-corrected chi connectivity index (χ1v) is 16.2. The van der Waals surface area contributed by atoms with E-state index in [4.69, 9.17) is 21.1 Å². The minimum atomic E-state index is -1.47. The Morgan fingerprint density at radius 2 is 1.62 bits per heavy atom. The predicted molar refractivity (Wildman–Crippen MR) is 174 cm³/mol. The van der Waals surface area contributed by atoms with Gasteiger partial charge in [-0.1, -0.05) is 39.2 Å². The van der Waals surface area contributed by atoms with Gasteiger partial charge in [0.25, 0.3) is 0 Å². The van der Waals surface area contributed by atoms with Crippen molar-refractivity contribution in [2.24, 2.45) is 29.1 Å². The van der Waals surface area contributed by atoms with Crippen molar-refractivity contribution >= 4 is 62.5 Å². The summed E-state index contributed by atoms with van der Waals surface area (Å²) in [5.74, 6) is -6.20. The largest absolute Gasteiger partial charge is 0.507 e.